The van der Waals surface area contributed by atoms with Gasteiger partial charge >= 0.3 is 5.97 Å². The molecule has 0 fully saturated rings. The molecule has 3 N–H and O–H groups in total. The van der Waals surface area contributed by atoms with Crippen LogP contribution in [0.5, 0.6) is 0 Å². The standard InChI is InChI=1S/C15H18N4O4S/c1-4-19-7-6-9(18-19)13(21)17-14-10(15(22)23-5-2)8(3)11(24-14)12(16)20/h6-7H,4-5H2,1-3H3,(H2,16,20)(H,17,21). The molecule has 0 aliphatic rings. The number of thiophene rings is 1. The van der Waals surface area contributed by atoms with Gasteiger partial charge < -0.3 is 15.8 Å². The number of carbonyl (C=O) groups is 3. The molecule has 2 aromatic rings. The van der Waals surface area contributed by atoms with Crippen molar-refractivity contribution in [1.82, 2.24) is 9.78 Å². The molecule has 2 rings (SSSR count). The van der Waals surface area contributed by atoms with E-state index < -0.39 is 17.8 Å². The molecule has 0 atom stereocenters. The summed E-state index contributed by atoms with van der Waals surface area (Å²) in [5.74, 6) is -1.77. The third-order valence-electron chi connectivity index (χ3n) is 3.27. The zero-order valence-electron chi connectivity index (χ0n) is 13.6. The molecule has 0 saturated heterocycles. The van der Waals surface area contributed by atoms with Crippen LogP contribution in [0.1, 0.15) is 49.9 Å². The predicted octanol–water partition coefficient (Wildman–Crippen LogP) is 1.80. The minimum atomic E-state index is -0.668. The number of aromatic nitrogens is 2. The number of esters is 1. The average molecular weight is 350 g/mol. The average Bonchev–Trinajstić information content (AvgIpc) is 3.12. The topological polar surface area (TPSA) is 116 Å². The molecule has 2 aromatic heterocycles. The number of primary amides is 1. The van der Waals surface area contributed by atoms with E-state index in [1.807, 2.05) is 6.92 Å². The predicted molar refractivity (Wildman–Crippen MR) is 89.4 cm³/mol. The Balaban J connectivity index is 2.37. The zero-order valence-corrected chi connectivity index (χ0v) is 14.4. The Labute approximate surface area is 142 Å². The van der Waals surface area contributed by atoms with Crippen molar-refractivity contribution in [3.05, 3.63) is 34.0 Å². The Morgan fingerprint density at radius 3 is 2.62 bits per heavy atom. The molecular weight excluding hydrogens is 332 g/mol. The fraction of sp³-hybridized carbons (Fsp3) is 0.333. The van der Waals surface area contributed by atoms with E-state index in [2.05, 4.69) is 10.4 Å². The van der Waals surface area contributed by atoms with Crippen molar-refractivity contribution in [2.45, 2.75) is 27.3 Å². The molecule has 128 valence electrons. The van der Waals surface area contributed by atoms with Crippen LogP contribution in [0, 0.1) is 6.92 Å². The van der Waals surface area contributed by atoms with Gasteiger partial charge in [0.15, 0.2) is 5.69 Å². The summed E-state index contributed by atoms with van der Waals surface area (Å²) >= 11 is 0.942. The fourth-order valence-electron chi connectivity index (χ4n) is 2.11. The van der Waals surface area contributed by atoms with Gasteiger partial charge in [-0.1, -0.05) is 0 Å². The van der Waals surface area contributed by atoms with Crippen LogP contribution in [0.4, 0.5) is 5.00 Å². The molecule has 0 spiro atoms. The number of aryl methyl sites for hydroxylation is 1. The number of nitrogens with zero attached hydrogens (tertiary/aromatic N) is 2. The molecule has 9 heteroatoms. The van der Waals surface area contributed by atoms with E-state index in [9.17, 15) is 14.4 Å². The van der Waals surface area contributed by atoms with Gasteiger partial charge in [-0.15, -0.1) is 11.3 Å². The summed E-state index contributed by atoms with van der Waals surface area (Å²) in [7, 11) is 0. The van der Waals surface area contributed by atoms with Crippen LogP contribution in [0.25, 0.3) is 0 Å². The van der Waals surface area contributed by atoms with Gasteiger partial charge in [-0.05, 0) is 32.4 Å². The SMILES string of the molecule is CCOC(=O)c1c(NC(=O)c2ccn(CC)n2)sc(C(N)=O)c1C. The number of rotatable bonds is 6. The van der Waals surface area contributed by atoms with Crippen molar-refractivity contribution in [2.75, 3.05) is 11.9 Å². The van der Waals surface area contributed by atoms with E-state index in [1.54, 1.807) is 30.8 Å². The first-order valence-electron chi connectivity index (χ1n) is 7.34. The molecule has 24 heavy (non-hydrogen) atoms. The second-order valence-electron chi connectivity index (χ2n) is 4.86. The maximum absolute atomic E-state index is 12.3. The highest BCUT2D eigenvalue weighted by Crippen LogP contribution is 2.33. The third-order valence-corrected chi connectivity index (χ3v) is 4.50. The Morgan fingerprint density at radius 2 is 2.08 bits per heavy atom. The number of nitrogens with one attached hydrogen (secondary N) is 1. The highest BCUT2D eigenvalue weighted by Gasteiger charge is 2.26. The number of amides is 2. The number of anilines is 1. The zero-order chi connectivity index (χ0) is 17.9. The van der Waals surface area contributed by atoms with Crippen LogP contribution >= 0.6 is 11.3 Å². The van der Waals surface area contributed by atoms with Gasteiger partial charge in [-0.3, -0.25) is 14.3 Å². The summed E-state index contributed by atoms with van der Waals surface area (Å²) in [6.45, 7) is 5.96. The number of nitrogens with two attached hydrogens (primary N) is 1. The summed E-state index contributed by atoms with van der Waals surface area (Å²) in [5, 5.41) is 6.93. The molecule has 0 aliphatic carbocycles. The van der Waals surface area contributed by atoms with Crippen LogP contribution in [-0.2, 0) is 11.3 Å². The van der Waals surface area contributed by atoms with Gasteiger partial charge in [0.25, 0.3) is 11.8 Å². The first kappa shape index (κ1) is 17.7. The summed E-state index contributed by atoms with van der Waals surface area (Å²) in [4.78, 5) is 36.2. The Bertz CT molecular complexity index is 793. The van der Waals surface area contributed by atoms with Gasteiger partial charge in [0.2, 0.25) is 0 Å². The van der Waals surface area contributed by atoms with E-state index in [-0.39, 0.29) is 27.7 Å². The highest BCUT2D eigenvalue weighted by atomic mass is 32.1. The Morgan fingerprint density at radius 1 is 1.38 bits per heavy atom. The van der Waals surface area contributed by atoms with E-state index in [1.165, 1.54) is 0 Å². The van der Waals surface area contributed by atoms with Crippen molar-refractivity contribution in [2.24, 2.45) is 5.73 Å². The lowest BCUT2D eigenvalue weighted by Crippen LogP contribution is -2.16. The quantitative estimate of drug-likeness (QED) is 0.771. The number of carbonyl (C=O) groups excluding carboxylic acids is 3. The van der Waals surface area contributed by atoms with Crippen LogP contribution in [0.15, 0.2) is 12.3 Å². The second-order valence-corrected chi connectivity index (χ2v) is 5.88. The van der Waals surface area contributed by atoms with Crippen LogP contribution in [-0.4, -0.2) is 34.2 Å². The molecule has 0 aliphatic heterocycles. The number of hydrogen-bond acceptors (Lipinski definition) is 6. The molecule has 0 radical (unpaired) electrons. The van der Waals surface area contributed by atoms with Gasteiger partial charge in [0, 0.05) is 12.7 Å². The first-order chi connectivity index (χ1) is 11.4. The second kappa shape index (κ2) is 7.26. The van der Waals surface area contributed by atoms with Gasteiger partial charge in [0.1, 0.15) is 5.00 Å². The van der Waals surface area contributed by atoms with E-state index in [4.69, 9.17) is 10.5 Å². The molecule has 0 saturated carbocycles. The third kappa shape index (κ3) is 3.46. The van der Waals surface area contributed by atoms with Crippen molar-refractivity contribution < 1.29 is 19.1 Å². The summed E-state index contributed by atoms with van der Waals surface area (Å²) in [6.07, 6.45) is 1.68. The lowest BCUT2D eigenvalue weighted by molar-refractivity contribution is 0.0527. The number of ether oxygens (including phenoxy) is 1. The van der Waals surface area contributed by atoms with Crippen molar-refractivity contribution in [1.29, 1.82) is 0 Å². The number of hydrogen-bond donors (Lipinski definition) is 2. The molecule has 0 bridgehead atoms. The maximum Gasteiger partial charge on any atom is 0.341 e. The van der Waals surface area contributed by atoms with Gasteiger partial charge in [0.05, 0.1) is 17.0 Å². The maximum atomic E-state index is 12.3. The van der Waals surface area contributed by atoms with Crippen molar-refractivity contribution in [3.8, 4) is 0 Å². The lowest BCUT2D eigenvalue weighted by atomic mass is 10.1. The largest absolute Gasteiger partial charge is 0.462 e. The molecule has 2 amide bonds. The molecule has 0 aromatic carbocycles. The van der Waals surface area contributed by atoms with Gasteiger partial charge in [-0.25, -0.2) is 4.79 Å². The monoisotopic (exact) mass is 350 g/mol. The van der Waals surface area contributed by atoms with Crippen molar-refractivity contribution in [3.63, 3.8) is 0 Å². The molecule has 2 heterocycles. The van der Waals surface area contributed by atoms with Crippen LogP contribution in [0.2, 0.25) is 0 Å². The summed E-state index contributed by atoms with van der Waals surface area (Å²) in [6, 6.07) is 1.57. The van der Waals surface area contributed by atoms with Gasteiger partial charge in [-0.2, -0.15) is 5.10 Å². The molecular formula is C15H18N4O4S. The summed E-state index contributed by atoms with van der Waals surface area (Å²) < 4.78 is 6.60. The minimum absolute atomic E-state index is 0.138. The molecule has 0 unspecified atom stereocenters. The van der Waals surface area contributed by atoms with E-state index >= 15 is 0 Å². The first-order valence-corrected chi connectivity index (χ1v) is 8.15. The van der Waals surface area contributed by atoms with Crippen LogP contribution in [0.3, 0.4) is 0 Å². The Hall–Kier alpha value is -2.68. The van der Waals surface area contributed by atoms with Crippen molar-refractivity contribution >= 4 is 34.1 Å². The normalized spacial score (nSPS) is 10.5. The van der Waals surface area contributed by atoms with Crippen LogP contribution < -0.4 is 11.1 Å². The molecule has 8 nitrogen and oxygen atoms in total. The summed E-state index contributed by atoms with van der Waals surface area (Å²) in [5.41, 5.74) is 6.06. The Kier molecular flexibility index (Phi) is 5.35. The highest BCUT2D eigenvalue weighted by molar-refractivity contribution is 7.18. The van der Waals surface area contributed by atoms with E-state index in [0.29, 0.717) is 12.1 Å². The lowest BCUT2D eigenvalue weighted by Gasteiger charge is -2.06. The fourth-order valence-corrected chi connectivity index (χ4v) is 3.15. The minimum Gasteiger partial charge on any atom is -0.462 e. The smallest absolute Gasteiger partial charge is 0.341 e. The van der Waals surface area contributed by atoms with E-state index in [0.717, 1.165) is 11.3 Å².